The number of pyridine rings is 1. The van der Waals surface area contributed by atoms with Crippen LogP contribution in [0.2, 0.25) is 0 Å². The molecule has 2 aromatic rings. The fourth-order valence-corrected chi connectivity index (χ4v) is 2.14. The van der Waals surface area contributed by atoms with Gasteiger partial charge < -0.3 is 10.6 Å². The molecule has 0 spiro atoms. The highest BCUT2D eigenvalue weighted by Gasteiger charge is 2.12. The van der Waals surface area contributed by atoms with Gasteiger partial charge >= 0.3 is 0 Å². The van der Waals surface area contributed by atoms with Crippen LogP contribution in [0.1, 0.15) is 36.7 Å². The summed E-state index contributed by atoms with van der Waals surface area (Å²) in [4.78, 5) is 16.3. The average Bonchev–Trinajstić information content (AvgIpc) is 2.48. The van der Waals surface area contributed by atoms with E-state index >= 15 is 0 Å². The third kappa shape index (κ3) is 5.70. The lowest BCUT2D eigenvalue weighted by Crippen LogP contribution is -2.28. The van der Waals surface area contributed by atoms with Gasteiger partial charge in [0.2, 0.25) is 0 Å². The molecule has 0 atom stereocenters. The molecule has 0 unspecified atom stereocenters. The summed E-state index contributed by atoms with van der Waals surface area (Å²) in [7, 11) is 0. The Labute approximate surface area is 136 Å². The van der Waals surface area contributed by atoms with Gasteiger partial charge in [-0.15, -0.1) is 0 Å². The van der Waals surface area contributed by atoms with Crippen LogP contribution in [0.15, 0.2) is 42.7 Å². The number of carbonyl (C=O) groups excluding carboxylic acids is 1. The molecule has 0 radical (unpaired) electrons. The molecule has 0 aliphatic carbocycles. The predicted molar refractivity (Wildman–Crippen MR) is 90.0 cm³/mol. The molecule has 5 heteroatoms. The summed E-state index contributed by atoms with van der Waals surface area (Å²) in [6.07, 6.45) is 3.89. The van der Waals surface area contributed by atoms with Crippen molar-refractivity contribution in [1.82, 2.24) is 10.3 Å². The van der Waals surface area contributed by atoms with E-state index in [2.05, 4.69) is 15.6 Å². The molecule has 1 heterocycles. The monoisotopic (exact) mass is 315 g/mol. The van der Waals surface area contributed by atoms with Gasteiger partial charge in [-0.05, 0) is 51.0 Å². The number of hydrogen-bond acceptors (Lipinski definition) is 3. The lowest BCUT2D eigenvalue weighted by Gasteiger charge is -2.22. The number of halogens is 1. The first-order valence-corrected chi connectivity index (χ1v) is 7.59. The van der Waals surface area contributed by atoms with E-state index in [0.717, 1.165) is 11.3 Å². The van der Waals surface area contributed by atoms with Gasteiger partial charge in [-0.2, -0.15) is 0 Å². The highest BCUT2D eigenvalue weighted by molar-refractivity contribution is 5.94. The average molecular weight is 315 g/mol. The molecule has 0 saturated heterocycles. The highest BCUT2D eigenvalue weighted by atomic mass is 19.1. The van der Waals surface area contributed by atoms with Crippen molar-refractivity contribution in [1.29, 1.82) is 0 Å². The minimum atomic E-state index is -0.257. The van der Waals surface area contributed by atoms with Gasteiger partial charge in [0.15, 0.2) is 0 Å². The van der Waals surface area contributed by atoms with Crippen molar-refractivity contribution in [2.24, 2.45) is 0 Å². The van der Waals surface area contributed by atoms with Crippen LogP contribution in [-0.4, -0.2) is 23.0 Å². The summed E-state index contributed by atoms with van der Waals surface area (Å²) >= 11 is 0. The molecule has 23 heavy (non-hydrogen) atoms. The van der Waals surface area contributed by atoms with Gasteiger partial charge in [0.1, 0.15) is 5.82 Å². The Morgan fingerprint density at radius 1 is 1.17 bits per heavy atom. The second-order valence-corrected chi connectivity index (χ2v) is 6.47. The molecule has 0 aliphatic heterocycles. The topological polar surface area (TPSA) is 54.0 Å². The summed E-state index contributed by atoms with van der Waals surface area (Å²) in [5, 5.41) is 6.14. The van der Waals surface area contributed by atoms with Gasteiger partial charge in [-0.25, -0.2) is 4.39 Å². The molecule has 0 bridgehead atoms. The Bertz CT molecular complexity index is 663. The summed E-state index contributed by atoms with van der Waals surface area (Å²) < 4.78 is 12.8. The van der Waals surface area contributed by atoms with E-state index in [1.807, 2.05) is 20.8 Å². The Kier molecular flexibility index (Phi) is 5.32. The van der Waals surface area contributed by atoms with E-state index in [1.165, 1.54) is 12.1 Å². The van der Waals surface area contributed by atoms with E-state index < -0.39 is 0 Å². The number of rotatable bonds is 5. The molecular weight excluding hydrogens is 293 g/mol. The molecular formula is C18H22FN3O. The Hall–Kier alpha value is -2.43. The number of nitrogens with one attached hydrogen (secondary N) is 2. The second-order valence-electron chi connectivity index (χ2n) is 6.47. The zero-order chi connectivity index (χ0) is 16.9. The largest absolute Gasteiger partial charge is 0.379 e. The van der Waals surface area contributed by atoms with Crippen molar-refractivity contribution in [3.05, 3.63) is 59.7 Å². The summed E-state index contributed by atoms with van der Waals surface area (Å²) in [6, 6.07) is 8.06. The molecule has 2 rings (SSSR count). The molecule has 0 fully saturated rings. The maximum absolute atomic E-state index is 12.8. The number of carbonyl (C=O) groups is 1. The standard InChI is InChI=1S/C18H22FN3O/c1-18(2,3)22-16-10-14(11-20-12-16)17(23)21-9-8-13-4-6-15(19)7-5-13/h4-7,10-12,22H,8-9H2,1-3H3,(H,21,23). The quantitative estimate of drug-likeness (QED) is 0.889. The van der Waals surface area contributed by atoms with Crippen LogP contribution in [0, 0.1) is 5.82 Å². The molecule has 0 aliphatic rings. The minimum absolute atomic E-state index is 0.0979. The molecule has 2 N–H and O–H groups in total. The van der Waals surface area contributed by atoms with Crippen LogP contribution in [0.4, 0.5) is 10.1 Å². The fraction of sp³-hybridized carbons (Fsp3) is 0.333. The second kappa shape index (κ2) is 7.22. The number of aromatic nitrogens is 1. The Morgan fingerprint density at radius 3 is 2.52 bits per heavy atom. The Morgan fingerprint density at radius 2 is 1.87 bits per heavy atom. The lowest BCUT2D eigenvalue weighted by atomic mass is 10.1. The van der Waals surface area contributed by atoms with E-state index in [4.69, 9.17) is 0 Å². The first kappa shape index (κ1) is 16.9. The van der Waals surface area contributed by atoms with Crippen LogP contribution in [-0.2, 0) is 6.42 Å². The summed E-state index contributed by atoms with van der Waals surface area (Å²) in [6.45, 7) is 6.62. The van der Waals surface area contributed by atoms with E-state index in [0.29, 0.717) is 18.5 Å². The van der Waals surface area contributed by atoms with Crippen molar-refractivity contribution in [2.75, 3.05) is 11.9 Å². The Balaban J connectivity index is 1.90. The fourth-order valence-electron chi connectivity index (χ4n) is 2.14. The van der Waals surface area contributed by atoms with E-state index in [1.54, 1.807) is 30.6 Å². The van der Waals surface area contributed by atoms with Crippen LogP contribution in [0.25, 0.3) is 0 Å². The molecule has 1 aromatic carbocycles. The van der Waals surface area contributed by atoms with Gasteiger partial charge in [-0.1, -0.05) is 12.1 Å². The number of hydrogen-bond donors (Lipinski definition) is 2. The van der Waals surface area contributed by atoms with Crippen molar-refractivity contribution in [2.45, 2.75) is 32.7 Å². The highest BCUT2D eigenvalue weighted by Crippen LogP contribution is 2.14. The summed E-state index contributed by atoms with van der Waals surface area (Å²) in [5.74, 6) is -0.427. The maximum atomic E-state index is 12.8. The first-order valence-electron chi connectivity index (χ1n) is 7.59. The minimum Gasteiger partial charge on any atom is -0.379 e. The molecule has 1 amide bonds. The van der Waals surface area contributed by atoms with Crippen LogP contribution >= 0.6 is 0 Å². The molecule has 122 valence electrons. The third-order valence-corrected chi connectivity index (χ3v) is 3.13. The maximum Gasteiger partial charge on any atom is 0.252 e. The SMILES string of the molecule is CC(C)(C)Nc1cncc(C(=O)NCCc2ccc(F)cc2)c1. The van der Waals surface area contributed by atoms with Crippen molar-refractivity contribution >= 4 is 11.6 Å². The van der Waals surface area contributed by atoms with E-state index in [9.17, 15) is 9.18 Å². The van der Waals surface area contributed by atoms with E-state index in [-0.39, 0.29) is 17.3 Å². The third-order valence-electron chi connectivity index (χ3n) is 3.13. The lowest BCUT2D eigenvalue weighted by molar-refractivity contribution is 0.0954. The number of anilines is 1. The number of nitrogens with zero attached hydrogens (tertiary/aromatic N) is 1. The first-order chi connectivity index (χ1) is 10.8. The molecule has 0 saturated carbocycles. The van der Waals surface area contributed by atoms with Crippen molar-refractivity contribution in [3.63, 3.8) is 0 Å². The van der Waals surface area contributed by atoms with Crippen LogP contribution in [0.3, 0.4) is 0 Å². The van der Waals surface area contributed by atoms with Crippen molar-refractivity contribution in [3.8, 4) is 0 Å². The predicted octanol–water partition coefficient (Wildman–Crippen LogP) is 3.40. The summed E-state index contributed by atoms with van der Waals surface area (Å²) in [5.41, 5.74) is 2.20. The van der Waals surface area contributed by atoms with Gasteiger partial charge in [0.05, 0.1) is 11.3 Å². The normalized spacial score (nSPS) is 11.1. The molecule has 1 aromatic heterocycles. The zero-order valence-electron chi connectivity index (χ0n) is 13.7. The number of amides is 1. The molecule has 4 nitrogen and oxygen atoms in total. The zero-order valence-corrected chi connectivity index (χ0v) is 13.7. The van der Waals surface area contributed by atoms with Gasteiger partial charge in [-0.3, -0.25) is 9.78 Å². The smallest absolute Gasteiger partial charge is 0.252 e. The van der Waals surface area contributed by atoms with Crippen molar-refractivity contribution < 1.29 is 9.18 Å². The number of benzene rings is 1. The van der Waals surface area contributed by atoms with Gasteiger partial charge in [0.25, 0.3) is 5.91 Å². The van der Waals surface area contributed by atoms with Crippen LogP contribution < -0.4 is 10.6 Å². The van der Waals surface area contributed by atoms with Crippen LogP contribution in [0.5, 0.6) is 0 Å². The van der Waals surface area contributed by atoms with Gasteiger partial charge in [0, 0.05) is 24.5 Å².